The fourth-order valence-electron chi connectivity index (χ4n) is 3.82. The van der Waals surface area contributed by atoms with Gasteiger partial charge in [0.25, 0.3) is 0 Å². The molecule has 3 N–H and O–H groups in total. The zero-order valence-electron chi connectivity index (χ0n) is 12.1. The van der Waals surface area contributed by atoms with Gasteiger partial charge in [0.15, 0.2) is 0 Å². The van der Waals surface area contributed by atoms with E-state index in [1.165, 1.54) is 19.4 Å². The number of piperidine rings is 1. The first-order valence-electron chi connectivity index (χ1n) is 7.71. The molecule has 1 heterocycles. The minimum Gasteiger partial charge on any atom is -0.388 e. The summed E-state index contributed by atoms with van der Waals surface area (Å²) in [7, 11) is 0. The summed E-state index contributed by atoms with van der Waals surface area (Å²) < 4.78 is 0. The average molecular weight is 254 g/mol. The Bertz CT molecular complexity index is 271. The Morgan fingerprint density at radius 2 is 2.06 bits per heavy atom. The fourth-order valence-corrected chi connectivity index (χ4v) is 3.82. The lowest BCUT2D eigenvalue weighted by atomic mass is 9.87. The molecule has 4 atom stereocenters. The van der Waals surface area contributed by atoms with Gasteiger partial charge in [0, 0.05) is 19.1 Å². The quantitative estimate of drug-likeness (QED) is 0.806. The minimum atomic E-state index is -0.565. The van der Waals surface area contributed by atoms with Gasteiger partial charge < -0.3 is 15.7 Å². The topological polar surface area (TPSA) is 49.5 Å². The maximum Gasteiger partial charge on any atom is 0.0797 e. The van der Waals surface area contributed by atoms with Gasteiger partial charge in [-0.2, -0.15) is 0 Å². The Hall–Kier alpha value is -0.120. The van der Waals surface area contributed by atoms with Gasteiger partial charge in [0.2, 0.25) is 0 Å². The molecular formula is C15H30N2O. The molecule has 3 nitrogen and oxygen atoms in total. The fraction of sp³-hybridized carbons (Fsp3) is 1.00. The third kappa shape index (κ3) is 3.06. The van der Waals surface area contributed by atoms with Crippen molar-refractivity contribution in [2.24, 2.45) is 17.6 Å². The van der Waals surface area contributed by atoms with Gasteiger partial charge in [0.1, 0.15) is 0 Å². The van der Waals surface area contributed by atoms with Gasteiger partial charge in [0.05, 0.1) is 5.60 Å². The van der Waals surface area contributed by atoms with Crippen molar-refractivity contribution >= 4 is 0 Å². The number of rotatable bonds is 4. The molecule has 18 heavy (non-hydrogen) atoms. The first-order valence-corrected chi connectivity index (χ1v) is 7.71. The highest BCUT2D eigenvalue weighted by molar-refractivity contribution is 4.93. The lowest BCUT2D eigenvalue weighted by Gasteiger charge is -2.38. The molecule has 0 aromatic heterocycles. The smallest absolute Gasteiger partial charge is 0.0797 e. The molecule has 2 fully saturated rings. The van der Waals surface area contributed by atoms with Crippen LogP contribution in [0.1, 0.15) is 52.4 Å². The molecule has 1 aliphatic heterocycles. The third-order valence-corrected chi connectivity index (χ3v) is 5.29. The van der Waals surface area contributed by atoms with Gasteiger partial charge in [-0.3, -0.25) is 0 Å². The maximum absolute atomic E-state index is 10.5. The third-order valence-electron chi connectivity index (χ3n) is 5.29. The lowest BCUT2D eigenvalue weighted by molar-refractivity contribution is 0.000598. The van der Waals surface area contributed by atoms with Crippen LogP contribution in [-0.2, 0) is 0 Å². The number of aliphatic hydroxyl groups is 1. The van der Waals surface area contributed by atoms with E-state index in [1.807, 2.05) is 0 Å². The van der Waals surface area contributed by atoms with Gasteiger partial charge in [-0.05, 0) is 57.4 Å². The highest BCUT2D eigenvalue weighted by Crippen LogP contribution is 2.37. The van der Waals surface area contributed by atoms with Crippen LogP contribution < -0.4 is 5.73 Å². The van der Waals surface area contributed by atoms with E-state index < -0.39 is 5.60 Å². The summed E-state index contributed by atoms with van der Waals surface area (Å²) >= 11 is 0. The van der Waals surface area contributed by atoms with Gasteiger partial charge in [-0.15, -0.1) is 0 Å². The molecule has 0 aromatic carbocycles. The van der Waals surface area contributed by atoms with Gasteiger partial charge in [-0.25, -0.2) is 0 Å². The molecule has 4 unspecified atom stereocenters. The Morgan fingerprint density at radius 1 is 1.28 bits per heavy atom. The second-order valence-electron chi connectivity index (χ2n) is 6.71. The summed E-state index contributed by atoms with van der Waals surface area (Å²) in [6.07, 6.45) is 7.02. The summed E-state index contributed by atoms with van der Waals surface area (Å²) in [5, 5.41) is 10.5. The Labute approximate surface area is 112 Å². The van der Waals surface area contributed by atoms with Crippen molar-refractivity contribution < 1.29 is 5.11 Å². The molecular weight excluding hydrogens is 224 g/mol. The van der Waals surface area contributed by atoms with E-state index in [0.29, 0.717) is 18.5 Å². The number of nitrogens with two attached hydrogens (primary N) is 1. The van der Waals surface area contributed by atoms with Crippen molar-refractivity contribution in [1.82, 2.24) is 4.90 Å². The molecule has 0 aromatic rings. The van der Waals surface area contributed by atoms with Crippen LogP contribution in [0.3, 0.4) is 0 Å². The zero-order valence-corrected chi connectivity index (χ0v) is 12.1. The molecule has 3 heteroatoms. The first-order chi connectivity index (χ1) is 8.55. The monoisotopic (exact) mass is 254 g/mol. The standard InChI is InChI=1S/C15H30N2O/c1-12-5-6-13(2)17(10-12)9-7-14-4-3-8-15(14,18)11-16/h12-14,18H,3-11,16H2,1-2H3. The molecule has 1 aliphatic carbocycles. The molecule has 0 spiro atoms. The van der Waals surface area contributed by atoms with Crippen LogP contribution in [0.4, 0.5) is 0 Å². The summed E-state index contributed by atoms with van der Waals surface area (Å²) in [4.78, 5) is 2.61. The highest BCUT2D eigenvalue weighted by Gasteiger charge is 2.39. The van der Waals surface area contributed by atoms with Crippen LogP contribution in [0.15, 0.2) is 0 Å². The predicted molar refractivity (Wildman–Crippen MR) is 75.4 cm³/mol. The van der Waals surface area contributed by atoms with Gasteiger partial charge >= 0.3 is 0 Å². The number of likely N-dealkylation sites (tertiary alicyclic amines) is 1. The van der Waals surface area contributed by atoms with Crippen LogP contribution in [-0.4, -0.2) is 41.3 Å². The summed E-state index contributed by atoms with van der Waals surface area (Å²) in [5.74, 6) is 1.25. The predicted octanol–water partition coefficient (Wildman–Crippen LogP) is 1.99. The van der Waals surface area contributed by atoms with Crippen molar-refractivity contribution in [3.63, 3.8) is 0 Å². The molecule has 2 aliphatic rings. The summed E-state index contributed by atoms with van der Waals surface area (Å²) in [5.41, 5.74) is 5.19. The molecule has 106 valence electrons. The molecule has 1 saturated heterocycles. The average Bonchev–Trinajstić information content (AvgIpc) is 2.73. The van der Waals surface area contributed by atoms with Crippen molar-refractivity contribution in [2.45, 2.75) is 64.0 Å². The van der Waals surface area contributed by atoms with E-state index in [1.54, 1.807) is 0 Å². The summed E-state index contributed by atoms with van der Waals surface area (Å²) in [6, 6.07) is 0.716. The van der Waals surface area contributed by atoms with Crippen molar-refractivity contribution in [1.29, 1.82) is 0 Å². The second-order valence-corrected chi connectivity index (χ2v) is 6.71. The molecule has 0 amide bonds. The lowest BCUT2D eigenvalue weighted by Crippen LogP contribution is -2.45. The number of hydrogen-bond acceptors (Lipinski definition) is 3. The van der Waals surface area contributed by atoms with Crippen LogP contribution in [0.5, 0.6) is 0 Å². The minimum absolute atomic E-state index is 0.423. The van der Waals surface area contributed by atoms with E-state index in [-0.39, 0.29) is 0 Å². The Balaban J connectivity index is 1.83. The highest BCUT2D eigenvalue weighted by atomic mass is 16.3. The van der Waals surface area contributed by atoms with Crippen molar-refractivity contribution in [2.75, 3.05) is 19.6 Å². The summed E-state index contributed by atoms with van der Waals surface area (Å²) in [6.45, 7) is 7.50. The SMILES string of the molecule is CC1CCC(C)N(CCC2CCCC2(O)CN)C1. The number of nitrogens with zero attached hydrogens (tertiary/aromatic N) is 1. The van der Waals surface area contributed by atoms with Crippen LogP contribution in [0.25, 0.3) is 0 Å². The largest absolute Gasteiger partial charge is 0.388 e. The van der Waals surface area contributed by atoms with Crippen molar-refractivity contribution in [3.8, 4) is 0 Å². The van der Waals surface area contributed by atoms with E-state index in [0.717, 1.165) is 38.1 Å². The van der Waals surface area contributed by atoms with Crippen LogP contribution in [0.2, 0.25) is 0 Å². The van der Waals surface area contributed by atoms with E-state index in [4.69, 9.17) is 5.73 Å². The molecule has 2 rings (SSSR count). The Morgan fingerprint density at radius 3 is 2.78 bits per heavy atom. The van der Waals surface area contributed by atoms with Crippen LogP contribution in [0, 0.1) is 11.8 Å². The van der Waals surface area contributed by atoms with Gasteiger partial charge in [-0.1, -0.05) is 13.3 Å². The molecule has 0 radical (unpaired) electrons. The maximum atomic E-state index is 10.5. The van der Waals surface area contributed by atoms with E-state index in [9.17, 15) is 5.11 Å². The van der Waals surface area contributed by atoms with E-state index >= 15 is 0 Å². The normalized spacial score (nSPS) is 42.3. The van der Waals surface area contributed by atoms with Crippen LogP contribution >= 0.6 is 0 Å². The molecule has 0 bridgehead atoms. The Kier molecular flexibility index (Phi) is 4.68. The number of hydrogen-bond donors (Lipinski definition) is 2. The zero-order chi connectivity index (χ0) is 13.2. The first kappa shape index (κ1) is 14.3. The molecule has 1 saturated carbocycles. The van der Waals surface area contributed by atoms with E-state index in [2.05, 4.69) is 18.7 Å². The second kappa shape index (κ2) is 5.89. The van der Waals surface area contributed by atoms with Crippen molar-refractivity contribution in [3.05, 3.63) is 0 Å².